The standard InChI is InChI=1S/C18H16O5S/c1-20-14-6-11-12(19)7-17(24-18(11)8-15(14)21-2)10-3-4-13-16(5-10)23-9-22-13/h3-6,8,17H,7,9H2,1-2H3. The van der Waals surface area contributed by atoms with Gasteiger partial charge in [-0.3, -0.25) is 4.79 Å². The molecule has 0 radical (unpaired) electrons. The van der Waals surface area contributed by atoms with Gasteiger partial charge in [0.1, 0.15) is 0 Å². The maximum Gasteiger partial charge on any atom is 0.231 e. The third-order valence-corrected chi connectivity index (χ3v) is 5.51. The number of hydrogen-bond donors (Lipinski definition) is 0. The van der Waals surface area contributed by atoms with Gasteiger partial charge in [-0.25, -0.2) is 0 Å². The first-order valence-electron chi connectivity index (χ1n) is 7.55. The lowest BCUT2D eigenvalue weighted by atomic mass is 10.0. The minimum absolute atomic E-state index is 0.0394. The summed E-state index contributed by atoms with van der Waals surface area (Å²) in [6.45, 7) is 0.245. The van der Waals surface area contributed by atoms with Crippen LogP contribution in [0.15, 0.2) is 35.2 Å². The zero-order chi connectivity index (χ0) is 16.7. The number of carbonyl (C=O) groups is 1. The lowest BCUT2D eigenvalue weighted by molar-refractivity contribution is 0.0976. The number of fused-ring (bicyclic) bond motifs is 2. The fourth-order valence-electron chi connectivity index (χ4n) is 2.95. The van der Waals surface area contributed by atoms with Gasteiger partial charge in [-0.05, 0) is 29.8 Å². The van der Waals surface area contributed by atoms with E-state index in [4.69, 9.17) is 18.9 Å². The number of ketones is 1. The Morgan fingerprint density at radius 3 is 2.58 bits per heavy atom. The smallest absolute Gasteiger partial charge is 0.231 e. The molecule has 24 heavy (non-hydrogen) atoms. The summed E-state index contributed by atoms with van der Waals surface area (Å²) < 4.78 is 21.4. The monoisotopic (exact) mass is 344 g/mol. The maximum absolute atomic E-state index is 12.6. The predicted molar refractivity (Wildman–Crippen MR) is 89.7 cm³/mol. The summed E-state index contributed by atoms with van der Waals surface area (Å²) in [5.41, 5.74) is 1.74. The fourth-order valence-corrected chi connectivity index (χ4v) is 4.25. The fraction of sp³-hybridized carbons (Fsp3) is 0.278. The summed E-state index contributed by atoms with van der Waals surface area (Å²) in [4.78, 5) is 13.5. The first kappa shape index (κ1) is 15.2. The highest BCUT2D eigenvalue weighted by Crippen LogP contribution is 2.49. The highest BCUT2D eigenvalue weighted by Gasteiger charge is 2.29. The Balaban J connectivity index is 1.69. The van der Waals surface area contributed by atoms with Crippen molar-refractivity contribution in [3.63, 3.8) is 0 Å². The van der Waals surface area contributed by atoms with Crippen LogP contribution in [0.3, 0.4) is 0 Å². The molecule has 124 valence electrons. The Hall–Kier alpha value is -2.34. The van der Waals surface area contributed by atoms with Gasteiger partial charge < -0.3 is 18.9 Å². The normalized spacial score (nSPS) is 18.2. The molecule has 2 aliphatic heterocycles. The lowest BCUT2D eigenvalue weighted by Gasteiger charge is -2.24. The highest BCUT2D eigenvalue weighted by atomic mass is 32.2. The van der Waals surface area contributed by atoms with Crippen LogP contribution in [0, 0.1) is 0 Å². The average molecular weight is 344 g/mol. The zero-order valence-electron chi connectivity index (χ0n) is 13.3. The molecule has 5 nitrogen and oxygen atoms in total. The second kappa shape index (κ2) is 5.94. The molecule has 0 saturated heterocycles. The van der Waals surface area contributed by atoms with Crippen molar-refractivity contribution in [2.75, 3.05) is 21.0 Å². The van der Waals surface area contributed by atoms with Crippen molar-refractivity contribution in [2.24, 2.45) is 0 Å². The van der Waals surface area contributed by atoms with Gasteiger partial charge in [-0.2, -0.15) is 0 Å². The van der Waals surface area contributed by atoms with Gasteiger partial charge in [0.25, 0.3) is 0 Å². The van der Waals surface area contributed by atoms with Crippen LogP contribution < -0.4 is 18.9 Å². The Morgan fingerprint density at radius 2 is 1.79 bits per heavy atom. The summed E-state index contributed by atoms with van der Waals surface area (Å²) in [5, 5.41) is 0.0394. The Morgan fingerprint density at radius 1 is 1.04 bits per heavy atom. The van der Waals surface area contributed by atoms with E-state index >= 15 is 0 Å². The molecule has 0 bridgehead atoms. The topological polar surface area (TPSA) is 54.0 Å². The molecular weight excluding hydrogens is 328 g/mol. The lowest BCUT2D eigenvalue weighted by Crippen LogP contribution is -2.12. The molecule has 4 rings (SSSR count). The SMILES string of the molecule is COc1cc2c(cc1OC)C(=O)CC(c1ccc3c(c1)OCO3)S2. The summed E-state index contributed by atoms with van der Waals surface area (Å²) >= 11 is 1.66. The number of hydrogen-bond acceptors (Lipinski definition) is 6. The molecule has 0 aliphatic carbocycles. The van der Waals surface area contributed by atoms with Crippen molar-refractivity contribution in [3.05, 3.63) is 41.5 Å². The summed E-state index contributed by atoms with van der Waals surface area (Å²) in [7, 11) is 3.16. The van der Waals surface area contributed by atoms with Crippen molar-refractivity contribution in [1.29, 1.82) is 0 Å². The predicted octanol–water partition coefficient (Wildman–Crippen LogP) is 3.85. The van der Waals surface area contributed by atoms with E-state index in [-0.39, 0.29) is 17.8 Å². The van der Waals surface area contributed by atoms with Crippen LogP contribution in [-0.4, -0.2) is 26.8 Å². The molecule has 0 aromatic heterocycles. The number of benzene rings is 2. The molecule has 0 spiro atoms. The van der Waals surface area contributed by atoms with Crippen LogP contribution in [0.25, 0.3) is 0 Å². The van der Waals surface area contributed by atoms with Crippen LogP contribution in [0.2, 0.25) is 0 Å². The van der Waals surface area contributed by atoms with Gasteiger partial charge in [0.05, 0.1) is 14.2 Å². The quantitative estimate of drug-likeness (QED) is 0.843. The average Bonchev–Trinajstić information content (AvgIpc) is 3.08. The number of thioether (sulfide) groups is 1. The van der Waals surface area contributed by atoms with Gasteiger partial charge >= 0.3 is 0 Å². The van der Waals surface area contributed by atoms with Crippen LogP contribution >= 0.6 is 11.8 Å². The summed E-state index contributed by atoms with van der Waals surface area (Å²) in [5.74, 6) is 2.79. The van der Waals surface area contributed by atoms with E-state index in [1.807, 2.05) is 24.3 Å². The molecule has 0 saturated carbocycles. The first-order valence-corrected chi connectivity index (χ1v) is 8.43. The van der Waals surface area contributed by atoms with Gasteiger partial charge in [-0.1, -0.05) is 6.07 Å². The number of carbonyl (C=O) groups excluding carboxylic acids is 1. The molecule has 2 aromatic rings. The van der Waals surface area contributed by atoms with Crippen LogP contribution in [-0.2, 0) is 0 Å². The highest BCUT2D eigenvalue weighted by molar-refractivity contribution is 7.99. The second-order valence-corrected chi connectivity index (χ2v) is 6.79. The Kier molecular flexibility index (Phi) is 3.76. The second-order valence-electron chi connectivity index (χ2n) is 5.55. The van der Waals surface area contributed by atoms with E-state index < -0.39 is 0 Å². The molecule has 1 atom stereocenters. The number of methoxy groups -OCH3 is 2. The largest absolute Gasteiger partial charge is 0.493 e. The van der Waals surface area contributed by atoms with E-state index in [1.54, 1.807) is 32.0 Å². The Labute approximate surface area is 143 Å². The third kappa shape index (κ3) is 2.47. The molecule has 0 fully saturated rings. The van der Waals surface area contributed by atoms with Gasteiger partial charge in [0.15, 0.2) is 28.8 Å². The molecule has 0 N–H and O–H groups in total. The van der Waals surface area contributed by atoms with E-state index in [9.17, 15) is 4.79 Å². The van der Waals surface area contributed by atoms with Crippen molar-refractivity contribution in [2.45, 2.75) is 16.6 Å². The minimum atomic E-state index is 0.0394. The van der Waals surface area contributed by atoms with Crippen LogP contribution in [0.1, 0.15) is 27.6 Å². The molecule has 2 aliphatic rings. The Bertz CT molecular complexity index is 817. The maximum atomic E-state index is 12.6. The van der Waals surface area contributed by atoms with Crippen LogP contribution in [0.5, 0.6) is 23.0 Å². The summed E-state index contributed by atoms with van der Waals surface area (Å²) in [6.07, 6.45) is 0.437. The molecular formula is C18H16O5S. The van der Waals surface area contributed by atoms with Crippen molar-refractivity contribution >= 4 is 17.5 Å². The van der Waals surface area contributed by atoms with Gasteiger partial charge in [0.2, 0.25) is 6.79 Å². The minimum Gasteiger partial charge on any atom is -0.493 e. The van der Waals surface area contributed by atoms with Gasteiger partial charge in [0, 0.05) is 22.1 Å². The van der Waals surface area contributed by atoms with E-state index in [0.717, 1.165) is 22.0 Å². The number of ether oxygens (including phenoxy) is 4. The van der Waals surface area contributed by atoms with E-state index in [0.29, 0.717) is 23.5 Å². The molecule has 2 heterocycles. The van der Waals surface area contributed by atoms with Crippen molar-refractivity contribution in [1.82, 2.24) is 0 Å². The van der Waals surface area contributed by atoms with Crippen molar-refractivity contribution < 1.29 is 23.7 Å². The number of Topliss-reactive ketones (excluding diaryl/α,β-unsaturated/α-hetero) is 1. The van der Waals surface area contributed by atoms with E-state index in [2.05, 4.69) is 0 Å². The van der Waals surface area contributed by atoms with Crippen LogP contribution in [0.4, 0.5) is 0 Å². The van der Waals surface area contributed by atoms with Crippen molar-refractivity contribution in [3.8, 4) is 23.0 Å². The zero-order valence-corrected chi connectivity index (χ0v) is 14.1. The van der Waals surface area contributed by atoms with E-state index in [1.165, 1.54) is 0 Å². The molecule has 1 unspecified atom stereocenters. The first-order chi connectivity index (χ1) is 11.7. The molecule has 6 heteroatoms. The third-order valence-electron chi connectivity index (χ3n) is 4.19. The molecule has 0 amide bonds. The molecule has 2 aromatic carbocycles. The summed E-state index contributed by atoms with van der Waals surface area (Å²) in [6, 6.07) is 9.48. The van der Waals surface area contributed by atoms with Gasteiger partial charge in [-0.15, -0.1) is 11.8 Å². The number of rotatable bonds is 3.